The molecule has 1 fully saturated rings. The van der Waals surface area contributed by atoms with Gasteiger partial charge in [-0.15, -0.1) is 0 Å². The summed E-state index contributed by atoms with van der Waals surface area (Å²) in [4.78, 5) is 0. The van der Waals surface area contributed by atoms with Crippen molar-refractivity contribution in [3.05, 3.63) is 29.8 Å². The van der Waals surface area contributed by atoms with Crippen LogP contribution in [0.1, 0.15) is 18.4 Å². The lowest BCUT2D eigenvalue weighted by atomic mass is 9.92. The van der Waals surface area contributed by atoms with Crippen LogP contribution in [0.15, 0.2) is 24.3 Å². The van der Waals surface area contributed by atoms with Crippen LogP contribution in [0.2, 0.25) is 0 Å². The highest BCUT2D eigenvalue weighted by Crippen LogP contribution is 2.22. The maximum Gasteiger partial charge on any atom is 0.118 e. The number of phenolic OH excluding ortho intramolecular Hbond substituents is 1. The first-order chi connectivity index (χ1) is 6.86. The molecule has 1 heterocycles. The van der Waals surface area contributed by atoms with Crippen molar-refractivity contribution >= 4 is 0 Å². The Morgan fingerprint density at radius 3 is 2.93 bits per heavy atom. The van der Waals surface area contributed by atoms with Crippen LogP contribution in [-0.4, -0.2) is 18.2 Å². The van der Waals surface area contributed by atoms with E-state index in [-0.39, 0.29) is 0 Å². The zero-order valence-electron chi connectivity index (χ0n) is 8.37. The summed E-state index contributed by atoms with van der Waals surface area (Å²) in [5.41, 5.74) is 1.08. The van der Waals surface area contributed by atoms with Crippen LogP contribution in [0, 0.1) is 5.92 Å². The highest BCUT2D eigenvalue weighted by Gasteiger charge is 2.14. The number of hydrogen-bond donors (Lipinski definition) is 2. The minimum atomic E-state index is 0.443. The third-order valence-electron chi connectivity index (χ3n) is 2.90. The molecule has 1 aromatic rings. The molecule has 0 bridgehead atoms. The van der Waals surface area contributed by atoms with E-state index in [9.17, 15) is 5.11 Å². The Balaban J connectivity index is 1.99. The van der Waals surface area contributed by atoms with Gasteiger partial charge < -0.3 is 10.4 Å². The fraction of sp³-hybridized carbons (Fsp3) is 0.500. The molecule has 1 aliphatic heterocycles. The largest absolute Gasteiger partial charge is 0.508 e. The lowest BCUT2D eigenvalue weighted by molar-refractivity contribution is 0.370. The van der Waals surface area contributed by atoms with Gasteiger partial charge in [0.2, 0.25) is 0 Å². The number of nitrogens with one attached hydrogen (secondary N) is 1. The van der Waals surface area contributed by atoms with E-state index in [1.807, 2.05) is 18.2 Å². The number of piperidine rings is 1. The van der Waals surface area contributed by atoms with Crippen molar-refractivity contribution < 1.29 is 5.11 Å². The average Bonchev–Trinajstić information content (AvgIpc) is 2.23. The summed E-state index contributed by atoms with van der Waals surface area (Å²) in [7, 11) is 0. The molecule has 1 atom stereocenters. The molecular formula is C12H17NO. The van der Waals surface area contributed by atoms with E-state index in [2.05, 4.69) is 5.32 Å². The fourth-order valence-corrected chi connectivity index (χ4v) is 2.09. The third-order valence-corrected chi connectivity index (χ3v) is 2.90. The van der Waals surface area contributed by atoms with Crippen molar-refractivity contribution in [2.24, 2.45) is 5.92 Å². The Morgan fingerprint density at radius 1 is 1.36 bits per heavy atom. The number of hydrogen-bond acceptors (Lipinski definition) is 2. The molecule has 0 unspecified atom stereocenters. The molecule has 1 aromatic carbocycles. The van der Waals surface area contributed by atoms with Crippen molar-refractivity contribution in [3.63, 3.8) is 0 Å². The standard InChI is InChI=1S/C12H17NO/c14-12-6-2-1-5-11(12)8-10-4-3-7-13-9-10/h1-2,5-6,10,13-14H,3-4,7-9H2/t10-/m0/s1. The fourth-order valence-electron chi connectivity index (χ4n) is 2.09. The Hall–Kier alpha value is -1.02. The van der Waals surface area contributed by atoms with E-state index in [1.54, 1.807) is 6.07 Å². The van der Waals surface area contributed by atoms with E-state index in [0.717, 1.165) is 25.1 Å². The summed E-state index contributed by atoms with van der Waals surface area (Å²) in [5, 5.41) is 13.0. The number of para-hydroxylation sites is 1. The van der Waals surface area contributed by atoms with E-state index in [4.69, 9.17) is 0 Å². The zero-order chi connectivity index (χ0) is 9.80. The van der Waals surface area contributed by atoms with Crippen molar-refractivity contribution in [1.29, 1.82) is 0 Å². The maximum atomic E-state index is 9.62. The number of phenols is 1. The monoisotopic (exact) mass is 191 g/mol. The summed E-state index contributed by atoms with van der Waals surface area (Å²) in [6, 6.07) is 7.65. The summed E-state index contributed by atoms with van der Waals surface area (Å²) in [6.07, 6.45) is 3.54. The van der Waals surface area contributed by atoms with Gasteiger partial charge in [-0.25, -0.2) is 0 Å². The van der Waals surface area contributed by atoms with Crippen LogP contribution < -0.4 is 5.32 Å². The van der Waals surface area contributed by atoms with Crippen LogP contribution in [0.5, 0.6) is 5.75 Å². The minimum Gasteiger partial charge on any atom is -0.508 e. The van der Waals surface area contributed by atoms with Gasteiger partial charge in [-0.1, -0.05) is 18.2 Å². The van der Waals surface area contributed by atoms with Gasteiger partial charge in [-0.05, 0) is 49.9 Å². The molecule has 2 rings (SSSR count). The molecule has 0 radical (unpaired) electrons. The lowest BCUT2D eigenvalue weighted by Crippen LogP contribution is -2.30. The second-order valence-corrected chi connectivity index (χ2v) is 4.05. The summed E-state index contributed by atoms with van der Waals surface area (Å²) < 4.78 is 0. The molecule has 14 heavy (non-hydrogen) atoms. The first kappa shape index (κ1) is 9.53. The molecule has 76 valence electrons. The number of aromatic hydroxyl groups is 1. The average molecular weight is 191 g/mol. The highest BCUT2D eigenvalue weighted by molar-refractivity contribution is 5.32. The molecule has 0 spiro atoms. The van der Waals surface area contributed by atoms with E-state index >= 15 is 0 Å². The number of benzene rings is 1. The zero-order valence-corrected chi connectivity index (χ0v) is 8.37. The summed E-state index contributed by atoms with van der Waals surface area (Å²) in [5.74, 6) is 1.13. The lowest BCUT2D eigenvalue weighted by Gasteiger charge is -2.22. The second-order valence-electron chi connectivity index (χ2n) is 4.05. The van der Waals surface area contributed by atoms with Gasteiger partial charge in [0.25, 0.3) is 0 Å². The molecule has 2 nitrogen and oxygen atoms in total. The van der Waals surface area contributed by atoms with Crippen molar-refractivity contribution in [2.75, 3.05) is 13.1 Å². The Kier molecular flexibility index (Phi) is 3.04. The van der Waals surface area contributed by atoms with Crippen LogP contribution >= 0.6 is 0 Å². The quantitative estimate of drug-likeness (QED) is 0.748. The smallest absolute Gasteiger partial charge is 0.118 e. The predicted molar refractivity (Wildman–Crippen MR) is 57.4 cm³/mol. The SMILES string of the molecule is Oc1ccccc1C[C@@H]1CCCNC1. The highest BCUT2D eigenvalue weighted by atomic mass is 16.3. The van der Waals surface area contributed by atoms with Gasteiger partial charge in [0, 0.05) is 0 Å². The molecule has 1 saturated heterocycles. The molecule has 2 heteroatoms. The Morgan fingerprint density at radius 2 is 2.21 bits per heavy atom. The van der Waals surface area contributed by atoms with E-state index < -0.39 is 0 Å². The van der Waals surface area contributed by atoms with Gasteiger partial charge >= 0.3 is 0 Å². The first-order valence-corrected chi connectivity index (χ1v) is 5.34. The molecular weight excluding hydrogens is 174 g/mol. The van der Waals surface area contributed by atoms with Gasteiger partial charge in [-0.3, -0.25) is 0 Å². The molecule has 0 aliphatic carbocycles. The topological polar surface area (TPSA) is 32.3 Å². The predicted octanol–water partition coefficient (Wildman–Crippen LogP) is 1.93. The molecule has 0 saturated carbocycles. The van der Waals surface area contributed by atoms with Crippen molar-refractivity contribution in [2.45, 2.75) is 19.3 Å². The van der Waals surface area contributed by atoms with Gasteiger partial charge in [0.15, 0.2) is 0 Å². The van der Waals surface area contributed by atoms with Crippen LogP contribution in [-0.2, 0) is 6.42 Å². The molecule has 1 aliphatic rings. The normalized spacial score (nSPS) is 22.1. The number of rotatable bonds is 2. The summed E-state index contributed by atoms with van der Waals surface area (Å²) >= 11 is 0. The second kappa shape index (κ2) is 4.47. The third kappa shape index (κ3) is 2.26. The van der Waals surface area contributed by atoms with Gasteiger partial charge in [-0.2, -0.15) is 0 Å². The summed E-state index contributed by atoms with van der Waals surface area (Å²) in [6.45, 7) is 2.24. The van der Waals surface area contributed by atoms with E-state index in [0.29, 0.717) is 11.7 Å². The Bertz CT molecular complexity index is 292. The maximum absolute atomic E-state index is 9.62. The molecule has 0 amide bonds. The van der Waals surface area contributed by atoms with Crippen LogP contribution in [0.4, 0.5) is 0 Å². The first-order valence-electron chi connectivity index (χ1n) is 5.34. The van der Waals surface area contributed by atoms with Crippen molar-refractivity contribution in [1.82, 2.24) is 5.32 Å². The van der Waals surface area contributed by atoms with Crippen molar-refractivity contribution in [3.8, 4) is 5.75 Å². The molecule has 0 aromatic heterocycles. The Labute approximate surface area is 85.0 Å². The van der Waals surface area contributed by atoms with Gasteiger partial charge in [0.05, 0.1) is 0 Å². The van der Waals surface area contributed by atoms with Crippen LogP contribution in [0.3, 0.4) is 0 Å². The minimum absolute atomic E-state index is 0.443. The van der Waals surface area contributed by atoms with Gasteiger partial charge in [0.1, 0.15) is 5.75 Å². The van der Waals surface area contributed by atoms with E-state index in [1.165, 1.54) is 12.8 Å². The van der Waals surface area contributed by atoms with Crippen LogP contribution in [0.25, 0.3) is 0 Å². The molecule has 2 N–H and O–H groups in total.